The van der Waals surface area contributed by atoms with Gasteiger partial charge in [0.1, 0.15) is 6.61 Å². The molecule has 1 atom stereocenters. The SMILES string of the molecule is CC/C=C\C/C=C\C/C=C\C/C=C\CCCCC(=O)OC(COCCCCCCCCCC/C=C\C/C=C\CCCCC)COC(=O)CCCCCCCCCCCCCCCCCCC. The number of esters is 2. The zero-order valence-corrected chi connectivity index (χ0v) is 44.0. The van der Waals surface area contributed by atoms with E-state index in [4.69, 9.17) is 14.2 Å². The first-order chi connectivity index (χ1) is 32.6. The highest BCUT2D eigenvalue weighted by molar-refractivity contribution is 5.70. The molecule has 0 N–H and O–H groups in total. The second kappa shape index (κ2) is 56.7. The van der Waals surface area contributed by atoms with Crippen molar-refractivity contribution in [2.24, 2.45) is 0 Å². The minimum Gasteiger partial charge on any atom is -0.462 e. The van der Waals surface area contributed by atoms with Gasteiger partial charge < -0.3 is 14.2 Å². The van der Waals surface area contributed by atoms with E-state index in [1.807, 2.05) is 0 Å². The van der Waals surface area contributed by atoms with Crippen LogP contribution in [0, 0.1) is 0 Å². The van der Waals surface area contributed by atoms with Crippen molar-refractivity contribution in [1.29, 1.82) is 0 Å². The minimum absolute atomic E-state index is 0.0669. The number of unbranched alkanes of at least 4 members (excludes halogenated alkanes) is 29. The fourth-order valence-electron chi connectivity index (χ4n) is 8.00. The largest absolute Gasteiger partial charge is 0.462 e. The highest BCUT2D eigenvalue weighted by atomic mass is 16.6. The molecule has 66 heavy (non-hydrogen) atoms. The van der Waals surface area contributed by atoms with Crippen molar-refractivity contribution in [2.45, 2.75) is 284 Å². The van der Waals surface area contributed by atoms with Crippen molar-refractivity contribution in [3.63, 3.8) is 0 Å². The molecule has 0 spiro atoms. The summed E-state index contributed by atoms with van der Waals surface area (Å²) in [6.07, 6.45) is 73.5. The van der Waals surface area contributed by atoms with Crippen LogP contribution in [-0.4, -0.2) is 37.9 Å². The quantitative estimate of drug-likeness (QED) is 0.0346. The highest BCUT2D eigenvalue weighted by Crippen LogP contribution is 2.16. The molecule has 1 unspecified atom stereocenters. The van der Waals surface area contributed by atoms with Crippen molar-refractivity contribution in [2.75, 3.05) is 19.8 Å². The fraction of sp³-hybridized carbons (Fsp3) is 0.770. The van der Waals surface area contributed by atoms with Gasteiger partial charge in [0.15, 0.2) is 6.10 Å². The van der Waals surface area contributed by atoms with Crippen LogP contribution in [-0.2, 0) is 23.8 Å². The summed E-state index contributed by atoms with van der Waals surface area (Å²) in [5.74, 6) is -0.438. The summed E-state index contributed by atoms with van der Waals surface area (Å²) in [6.45, 7) is 7.67. The maximum absolute atomic E-state index is 12.8. The lowest BCUT2D eigenvalue weighted by atomic mass is 10.0. The van der Waals surface area contributed by atoms with Crippen molar-refractivity contribution in [3.8, 4) is 0 Å². The average Bonchev–Trinajstić information content (AvgIpc) is 3.32. The third-order valence-corrected chi connectivity index (χ3v) is 12.2. The summed E-state index contributed by atoms with van der Waals surface area (Å²) in [5, 5.41) is 0. The number of carbonyl (C=O) groups is 2. The Kier molecular flexibility index (Phi) is 54.4. The number of allylic oxidation sites excluding steroid dienone is 12. The van der Waals surface area contributed by atoms with Crippen molar-refractivity contribution < 1.29 is 23.8 Å². The molecule has 5 nitrogen and oxygen atoms in total. The average molecular weight is 922 g/mol. The predicted octanol–water partition coefficient (Wildman–Crippen LogP) is 19.5. The molecule has 0 bridgehead atoms. The van der Waals surface area contributed by atoms with Crippen LogP contribution in [0.3, 0.4) is 0 Å². The van der Waals surface area contributed by atoms with Gasteiger partial charge >= 0.3 is 11.9 Å². The van der Waals surface area contributed by atoms with Gasteiger partial charge in [-0.3, -0.25) is 9.59 Å². The topological polar surface area (TPSA) is 61.8 Å². The zero-order chi connectivity index (χ0) is 47.7. The van der Waals surface area contributed by atoms with Gasteiger partial charge in [0.05, 0.1) is 6.61 Å². The normalized spacial score (nSPS) is 12.7. The van der Waals surface area contributed by atoms with Crippen LogP contribution in [0.15, 0.2) is 72.9 Å². The van der Waals surface area contributed by atoms with Crippen molar-refractivity contribution >= 4 is 11.9 Å². The van der Waals surface area contributed by atoms with Gasteiger partial charge in [-0.1, -0.05) is 248 Å². The van der Waals surface area contributed by atoms with Gasteiger partial charge in [0, 0.05) is 19.4 Å². The maximum atomic E-state index is 12.8. The first-order valence-corrected chi connectivity index (χ1v) is 28.5. The molecule has 0 aromatic carbocycles. The van der Waals surface area contributed by atoms with E-state index < -0.39 is 6.10 Å². The van der Waals surface area contributed by atoms with E-state index in [0.717, 1.165) is 77.0 Å². The van der Waals surface area contributed by atoms with Gasteiger partial charge in [0.25, 0.3) is 0 Å². The van der Waals surface area contributed by atoms with E-state index in [9.17, 15) is 9.59 Å². The van der Waals surface area contributed by atoms with Crippen molar-refractivity contribution in [3.05, 3.63) is 72.9 Å². The van der Waals surface area contributed by atoms with Gasteiger partial charge in [0.2, 0.25) is 0 Å². The molecule has 0 aliphatic carbocycles. The maximum Gasteiger partial charge on any atom is 0.306 e. The molecule has 0 radical (unpaired) electrons. The summed E-state index contributed by atoms with van der Waals surface area (Å²) in [5.41, 5.74) is 0. The Bertz CT molecular complexity index is 1180. The Labute approximate surface area is 410 Å². The van der Waals surface area contributed by atoms with E-state index in [-0.39, 0.29) is 25.2 Å². The number of ether oxygens (including phenoxy) is 3. The van der Waals surface area contributed by atoms with E-state index >= 15 is 0 Å². The highest BCUT2D eigenvalue weighted by Gasteiger charge is 2.17. The Balaban J connectivity index is 4.31. The Morgan fingerprint density at radius 2 is 0.682 bits per heavy atom. The molecule has 0 heterocycles. The third kappa shape index (κ3) is 54.0. The van der Waals surface area contributed by atoms with Crippen LogP contribution >= 0.6 is 0 Å². The molecule has 5 heteroatoms. The van der Waals surface area contributed by atoms with Gasteiger partial charge in [-0.15, -0.1) is 0 Å². The lowest BCUT2D eigenvalue weighted by Gasteiger charge is -2.18. The fourth-order valence-corrected chi connectivity index (χ4v) is 8.00. The Morgan fingerprint density at radius 3 is 1.15 bits per heavy atom. The molecule has 0 fully saturated rings. The smallest absolute Gasteiger partial charge is 0.306 e. The van der Waals surface area contributed by atoms with Gasteiger partial charge in [-0.25, -0.2) is 0 Å². The molecular weight excluding hydrogens is 813 g/mol. The minimum atomic E-state index is -0.562. The summed E-state index contributed by atoms with van der Waals surface area (Å²) in [4.78, 5) is 25.5. The van der Waals surface area contributed by atoms with E-state index in [0.29, 0.717) is 19.4 Å². The number of rotatable bonds is 52. The second-order valence-electron chi connectivity index (χ2n) is 18.8. The van der Waals surface area contributed by atoms with Crippen LogP contribution in [0.5, 0.6) is 0 Å². The van der Waals surface area contributed by atoms with Gasteiger partial charge in [-0.2, -0.15) is 0 Å². The van der Waals surface area contributed by atoms with Gasteiger partial charge in [-0.05, 0) is 89.9 Å². The zero-order valence-electron chi connectivity index (χ0n) is 44.0. The molecule has 0 aromatic heterocycles. The predicted molar refractivity (Wildman–Crippen MR) is 288 cm³/mol. The Hall–Kier alpha value is -2.66. The Morgan fingerprint density at radius 1 is 0.348 bits per heavy atom. The van der Waals surface area contributed by atoms with E-state index in [2.05, 4.69) is 93.7 Å². The third-order valence-electron chi connectivity index (χ3n) is 12.2. The number of carbonyl (C=O) groups excluding carboxylic acids is 2. The van der Waals surface area contributed by atoms with Crippen LogP contribution < -0.4 is 0 Å². The van der Waals surface area contributed by atoms with Crippen LogP contribution in [0.4, 0.5) is 0 Å². The lowest BCUT2D eigenvalue weighted by molar-refractivity contribution is -0.163. The molecule has 0 saturated heterocycles. The molecule has 0 aliphatic heterocycles. The molecule has 0 saturated carbocycles. The summed E-state index contributed by atoms with van der Waals surface area (Å²) in [6, 6.07) is 0. The molecule has 382 valence electrons. The second-order valence-corrected chi connectivity index (χ2v) is 18.8. The standard InChI is InChI=1S/C61H108O5/c1-4-7-10-13-16-19-22-25-28-30-32-35-38-41-44-47-50-53-56-64-57-59(66-61(63)55-52-49-46-43-40-37-33-27-24-21-18-15-12-9-6-3)58-65-60(62)54-51-48-45-42-39-36-34-31-29-26-23-20-17-14-11-8-5-2/h9,12,16,18-19,21,25,27-28,33,40,43,59H,4-8,10-11,13-15,17,20,22-24,26,29-32,34-39,41-42,44-58H2,1-3H3/b12-9-,19-16-,21-18-,28-25-,33-27-,43-40-. The molecule has 0 aliphatic rings. The van der Waals surface area contributed by atoms with E-state index in [1.54, 1.807) is 0 Å². The van der Waals surface area contributed by atoms with E-state index in [1.165, 1.54) is 167 Å². The van der Waals surface area contributed by atoms with Crippen molar-refractivity contribution in [1.82, 2.24) is 0 Å². The van der Waals surface area contributed by atoms with Crippen LogP contribution in [0.25, 0.3) is 0 Å². The number of hydrogen-bond acceptors (Lipinski definition) is 5. The molecular formula is C61H108O5. The molecule has 0 rings (SSSR count). The molecule has 0 amide bonds. The number of hydrogen-bond donors (Lipinski definition) is 0. The molecule has 0 aromatic rings. The first-order valence-electron chi connectivity index (χ1n) is 28.5. The monoisotopic (exact) mass is 921 g/mol. The lowest BCUT2D eigenvalue weighted by Crippen LogP contribution is -2.30. The first kappa shape index (κ1) is 63.3. The van der Waals surface area contributed by atoms with Crippen LogP contribution in [0.2, 0.25) is 0 Å². The summed E-state index contributed by atoms with van der Waals surface area (Å²) >= 11 is 0. The summed E-state index contributed by atoms with van der Waals surface area (Å²) in [7, 11) is 0. The summed E-state index contributed by atoms with van der Waals surface area (Å²) < 4.78 is 17.4. The van der Waals surface area contributed by atoms with Crippen LogP contribution in [0.1, 0.15) is 278 Å².